The van der Waals surface area contributed by atoms with E-state index in [1.54, 1.807) is 14.0 Å². The molecule has 0 amide bonds. The smallest absolute Gasteiger partial charge is 0.134 e. The lowest BCUT2D eigenvalue weighted by atomic mass is 10.0. The minimum Gasteiger partial charge on any atom is -0.388 e. The largest absolute Gasteiger partial charge is 0.388 e. The van der Waals surface area contributed by atoms with Crippen LogP contribution in [0.2, 0.25) is 0 Å². The number of nitrogens with one attached hydrogen (secondary N) is 2. The first-order valence-corrected chi connectivity index (χ1v) is 6.51. The van der Waals surface area contributed by atoms with Gasteiger partial charge in [-0.2, -0.15) is 0 Å². The highest BCUT2D eigenvalue weighted by molar-refractivity contribution is 5.57. The number of rotatable bonds is 8. The van der Waals surface area contributed by atoms with Gasteiger partial charge in [0.05, 0.1) is 5.60 Å². The molecule has 1 unspecified atom stereocenters. The number of methoxy groups -OCH3 is 1. The minimum absolute atomic E-state index is 0.420. The zero-order valence-electron chi connectivity index (χ0n) is 12.2. The van der Waals surface area contributed by atoms with E-state index < -0.39 is 5.60 Å². The summed E-state index contributed by atoms with van der Waals surface area (Å²) in [6.45, 7) is 4.78. The SMILES string of the molecule is CCc1c(NC)ncnc1NCC(C)(O)CCOC. The fraction of sp³-hybridized carbons (Fsp3) is 0.692. The van der Waals surface area contributed by atoms with Crippen molar-refractivity contribution >= 4 is 11.6 Å². The monoisotopic (exact) mass is 268 g/mol. The molecule has 0 spiro atoms. The Kier molecular flexibility index (Phi) is 5.98. The van der Waals surface area contributed by atoms with Crippen LogP contribution in [0.4, 0.5) is 11.6 Å². The number of ether oxygens (including phenoxy) is 1. The van der Waals surface area contributed by atoms with Gasteiger partial charge in [0, 0.05) is 39.3 Å². The van der Waals surface area contributed by atoms with Gasteiger partial charge in [-0.25, -0.2) is 9.97 Å². The Bertz CT molecular complexity index is 396. The predicted molar refractivity (Wildman–Crippen MR) is 76.6 cm³/mol. The van der Waals surface area contributed by atoms with Crippen LogP contribution in [0.15, 0.2) is 6.33 Å². The van der Waals surface area contributed by atoms with Crippen molar-refractivity contribution in [1.29, 1.82) is 0 Å². The van der Waals surface area contributed by atoms with Crippen molar-refractivity contribution in [3.63, 3.8) is 0 Å². The third-order valence-corrected chi connectivity index (χ3v) is 3.02. The summed E-state index contributed by atoms with van der Waals surface area (Å²) < 4.78 is 4.99. The van der Waals surface area contributed by atoms with Gasteiger partial charge in [-0.1, -0.05) is 6.92 Å². The van der Waals surface area contributed by atoms with Crippen LogP contribution in [0.25, 0.3) is 0 Å². The van der Waals surface area contributed by atoms with E-state index in [9.17, 15) is 5.11 Å². The molecule has 0 aliphatic heterocycles. The normalized spacial score (nSPS) is 13.9. The maximum absolute atomic E-state index is 10.2. The molecule has 1 heterocycles. The average molecular weight is 268 g/mol. The molecule has 0 aliphatic rings. The summed E-state index contributed by atoms with van der Waals surface area (Å²) in [4.78, 5) is 8.41. The molecular weight excluding hydrogens is 244 g/mol. The van der Waals surface area contributed by atoms with Crippen LogP contribution < -0.4 is 10.6 Å². The Labute approximate surface area is 114 Å². The second kappa shape index (κ2) is 7.25. The number of hydrogen-bond acceptors (Lipinski definition) is 6. The molecule has 0 saturated heterocycles. The summed E-state index contributed by atoms with van der Waals surface area (Å²) in [5.41, 5.74) is 0.193. The summed E-state index contributed by atoms with van der Waals surface area (Å²) in [7, 11) is 3.46. The molecule has 0 aliphatic carbocycles. The van der Waals surface area contributed by atoms with Crippen molar-refractivity contribution < 1.29 is 9.84 Å². The lowest BCUT2D eigenvalue weighted by molar-refractivity contribution is 0.0357. The zero-order valence-corrected chi connectivity index (χ0v) is 12.2. The maximum Gasteiger partial charge on any atom is 0.134 e. The van der Waals surface area contributed by atoms with Gasteiger partial charge >= 0.3 is 0 Å². The summed E-state index contributed by atoms with van der Waals surface area (Å²) in [5, 5.41) is 16.4. The highest BCUT2D eigenvalue weighted by atomic mass is 16.5. The topological polar surface area (TPSA) is 79.3 Å². The van der Waals surface area contributed by atoms with Gasteiger partial charge in [-0.15, -0.1) is 0 Å². The molecule has 0 aromatic carbocycles. The van der Waals surface area contributed by atoms with E-state index in [4.69, 9.17) is 4.74 Å². The summed E-state index contributed by atoms with van der Waals surface area (Å²) in [6.07, 6.45) is 2.90. The molecule has 6 heteroatoms. The standard InChI is InChI=1S/C13H24N4O2/c1-5-10-11(14-3)16-9-17-12(10)15-8-13(2,18)6-7-19-4/h9,18H,5-8H2,1-4H3,(H2,14,15,16,17). The molecule has 1 atom stereocenters. The summed E-state index contributed by atoms with van der Waals surface area (Å²) in [6, 6.07) is 0. The Morgan fingerprint density at radius 1 is 1.37 bits per heavy atom. The lowest BCUT2D eigenvalue weighted by Gasteiger charge is -2.24. The van der Waals surface area contributed by atoms with Gasteiger partial charge in [-0.05, 0) is 13.3 Å². The second-order valence-electron chi connectivity index (χ2n) is 4.75. The highest BCUT2D eigenvalue weighted by Crippen LogP contribution is 2.21. The van der Waals surface area contributed by atoms with Gasteiger partial charge in [0.25, 0.3) is 0 Å². The lowest BCUT2D eigenvalue weighted by Crippen LogP contribution is -2.35. The van der Waals surface area contributed by atoms with E-state index in [-0.39, 0.29) is 0 Å². The molecular formula is C13H24N4O2. The van der Waals surface area contributed by atoms with Crippen LogP contribution in [0.5, 0.6) is 0 Å². The fourth-order valence-electron chi connectivity index (χ4n) is 1.80. The predicted octanol–water partition coefficient (Wildman–Crippen LogP) is 1.28. The Hall–Kier alpha value is -1.40. The first-order valence-electron chi connectivity index (χ1n) is 6.51. The van der Waals surface area contributed by atoms with Gasteiger partial charge in [0.1, 0.15) is 18.0 Å². The van der Waals surface area contributed by atoms with Crippen molar-refractivity contribution in [2.75, 3.05) is 37.9 Å². The average Bonchev–Trinajstić information content (AvgIpc) is 2.42. The van der Waals surface area contributed by atoms with Crippen molar-refractivity contribution in [1.82, 2.24) is 9.97 Å². The van der Waals surface area contributed by atoms with E-state index in [2.05, 4.69) is 20.6 Å². The number of hydrogen-bond donors (Lipinski definition) is 3. The second-order valence-corrected chi connectivity index (χ2v) is 4.75. The molecule has 0 bridgehead atoms. The number of aliphatic hydroxyl groups is 1. The Balaban J connectivity index is 2.72. The van der Waals surface area contributed by atoms with E-state index in [1.807, 2.05) is 14.0 Å². The molecule has 1 rings (SSSR count). The van der Waals surface area contributed by atoms with E-state index >= 15 is 0 Å². The summed E-state index contributed by atoms with van der Waals surface area (Å²) >= 11 is 0. The Morgan fingerprint density at radius 2 is 2.05 bits per heavy atom. The third kappa shape index (κ3) is 4.65. The number of anilines is 2. The minimum atomic E-state index is -0.828. The molecule has 6 nitrogen and oxygen atoms in total. The van der Waals surface area contributed by atoms with Crippen LogP contribution in [-0.2, 0) is 11.2 Å². The van der Waals surface area contributed by atoms with Crippen molar-refractivity contribution in [3.05, 3.63) is 11.9 Å². The van der Waals surface area contributed by atoms with Crippen LogP contribution in [0.1, 0.15) is 25.8 Å². The molecule has 0 fully saturated rings. The molecule has 0 radical (unpaired) electrons. The van der Waals surface area contributed by atoms with Crippen LogP contribution in [0, 0.1) is 0 Å². The summed E-state index contributed by atoms with van der Waals surface area (Å²) in [5.74, 6) is 1.58. The molecule has 1 aromatic heterocycles. The fourth-order valence-corrected chi connectivity index (χ4v) is 1.80. The first kappa shape index (κ1) is 15.7. The van der Waals surface area contributed by atoms with Gasteiger partial charge in [-0.3, -0.25) is 0 Å². The third-order valence-electron chi connectivity index (χ3n) is 3.02. The molecule has 1 aromatic rings. The molecule has 108 valence electrons. The van der Waals surface area contributed by atoms with E-state index in [0.717, 1.165) is 23.6 Å². The maximum atomic E-state index is 10.2. The highest BCUT2D eigenvalue weighted by Gasteiger charge is 2.20. The molecule has 0 saturated carbocycles. The first-order chi connectivity index (χ1) is 9.04. The molecule has 3 N–H and O–H groups in total. The quantitative estimate of drug-likeness (QED) is 0.659. The van der Waals surface area contributed by atoms with E-state index in [0.29, 0.717) is 19.6 Å². The van der Waals surface area contributed by atoms with Gasteiger partial charge in [0.2, 0.25) is 0 Å². The van der Waals surface area contributed by atoms with Gasteiger partial charge in [0.15, 0.2) is 0 Å². The number of aromatic nitrogens is 2. The van der Waals surface area contributed by atoms with Crippen molar-refractivity contribution in [3.8, 4) is 0 Å². The van der Waals surface area contributed by atoms with Crippen molar-refractivity contribution in [2.24, 2.45) is 0 Å². The number of nitrogens with zero attached hydrogens (tertiary/aromatic N) is 2. The Morgan fingerprint density at radius 3 is 2.63 bits per heavy atom. The zero-order chi connectivity index (χ0) is 14.3. The van der Waals surface area contributed by atoms with Crippen LogP contribution in [0.3, 0.4) is 0 Å². The van der Waals surface area contributed by atoms with E-state index in [1.165, 1.54) is 6.33 Å². The van der Waals surface area contributed by atoms with Crippen molar-refractivity contribution in [2.45, 2.75) is 32.3 Å². The van der Waals surface area contributed by atoms with Gasteiger partial charge < -0.3 is 20.5 Å². The van der Waals surface area contributed by atoms with Crippen LogP contribution in [-0.4, -0.2) is 48.0 Å². The van der Waals surface area contributed by atoms with Crippen LogP contribution >= 0.6 is 0 Å². The molecule has 19 heavy (non-hydrogen) atoms.